The van der Waals surface area contributed by atoms with Crippen molar-refractivity contribution < 1.29 is 9.59 Å². The normalized spacial score (nSPS) is 16.9. The molecule has 0 radical (unpaired) electrons. The average Bonchev–Trinajstić information content (AvgIpc) is 3.41. The van der Waals surface area contributed by atoms with E-state index < -0.39 is 0 Å². The first-order chi connectivity index (χ1) is 12.8. The van der Waals surface area contributed by atoms with Crippen LogP contribution in [0.2, 0.25) is 0 Å². The zero-order chi connectivity index (χ0) is 17.9. The molecule has 134 valence electrons. The van der Waals surface area contributed by atoms with E-state index >= 15 is 0 Å². The third-order valence-electron chi connectivity index (χ3n) is 5.39. The first kappa shape index (κ1) is 16.8. The van der Waals surface area contributed by atoms with E-state index in [1.807, 2.05) is 58.3 Å². The second kappa shape index (κ2) is 7.32. The topological polar surface area (TPSA) is 40.6 Å². The molecule has 2 saturated heterocycles. The van der Waals surface area contributed by atoms with Crippen LogP contribution in [0.15, 0.2) is 48.5 Å². The van der Waals surface area contributed by atoms with Crippen LogP contribution in [-0.4, -0.2) is 47.8 Å². The lowest BCUT2D eigenvalue weighted by molar-refractivity contribution is 0.0783. The molecule has 4 nitrogen and oxygen atoms in total. The van der Waals surface area contributed by atoms with Crippen LogP contribution in [0, 0.1) is 0 Å². The highest BCUT2D eigenvalue weighted by Gasteiger charge is 2.26. The number of hydrogen-bond donors (Lipinski definition) is 0. The summed E-state index contributed by atoms with van der Waals surface area (Å²) >= 11 is 0. The molecular weight excluding hydrogens is 324 g/mol. The largest absolute Gasteiger partial charge is 0.339 e. The maximum absolute atomic E-state index is 13.0. The van der Waals surface area contributed by atoms with Gasteiger partial charge in [0.25, 0.3) is 11.8 Å². The first-order valence-electron chi connectivity index (χ1n) is 9.53. The molecule has 2 aliphatic heterocycles. The van der Waals surface area contributed by atoms with Crippen LogP contribution < -0.4 is 0 Å². The van der Waals surface area contributed by atoms with Crippen LogP contribution in [0.5, 0.6) is 0 Å². The van der Waals surface area contributed by atoms with Crippen molar-refractivity contribution in [1.82, 2.24) is 9.80 Å². The van der Waals surface area contributed by atoms with E-state index in [-0.39, 0.29) is 11.8 Å². The summed E-state index contributed by atoms with van der Waals surface area (Å²) in [6.07, 6.45) is 4.27. The van der Waals surface area contributed by atoms with Gasteiger partial charge in [0.15, 0.2) is 0 Å². The molecule has 0 saturated carbocycles. The summed E-state index contributed by atoms with van der Waals surface area (Å²) in [6, 6.07) is 15.4. The van der Waals surface area contributed by atoms with E-state index in [2.05, 4.69) is 0 Å². The van der Waals surface area contributed by atoms with E-state index in [0.29, 0.717) is 11.1 Å². The van der Waals surface area contributed by atoms with E-state index in [9.17, 15) is 9.59 Å². The van der Waals surface area contributed by atoms with Crippen molar-refractivity contribution in [3.8, 4) is 11.1 Å². The summed E-state index contributed by atoms with van der Waals surface area (Å²) in [6.45, 7) is 3.28. The van der Waals surface area contributed by atoms with Gasteiger partial charge in [0, 0.05) is 37.3 Å². The van der Waals surface area contributed by atoms with Gasteiger partial charge in [-0.2, -0.15) is 0 Å². The Bertz CT molecular complexity index is 749. The smallest absolute Gasteiger partial charge is 0.254 e. The number of benzene rings is 2. The molecule has 4 rings (SSSR count). The standard InChI is InChI=1S/C22H24N2O2/c25-21(23-13-5-6-14-23)19-11-3-1-9-17(19)18-10-2-4-12-20(18)22(26)24-15-7-8-16-24/h1-4,9-12H,5-8,13-16H2. The predicted molar refractivity (Wildman–Crippen MR) is 102 cm³/mol. The lowest BCUT2D eigenvalue weighted by Crippen LogP contribution is -2.29. The van der Waals surface area contributed by atoms with Crippen molar-refractivity contribution in [1.29, 1.82) is 0 Å². The predicted octanol–water partition coefficient (Wildman–Crippen LogP) is 3.83. The second-order valence-electron chi connectivity index (χ2n) is 7.09. The molecule has 2 amide bonds. The molecule has 2 aliphatic rings. The number of likely N-dealkylation sites (tertiary alicyclic amines) is 2. The fourth-order valence-corrected chi connectivity index (χ4v) is 3.99. The lowest BCUT2D eigenvalue weighted by Gasteiger charge is -2.20. The number of hydrogen-bond acceptors (Lipinski definition) is 2. The number of carbonyl (C=O) groups is 2. The molecule has 0 aliphatic carbocycles. The summed E-state index contributed by atoms with van der Waals surface area (Å²) in [5.41, 5.74) is 3.09. The summed E-state index contributed by atoms with van der Waals surface area (Å²) in [4.78, 5) is 29.9. The molecule has 0 atom stereocenters. The SMILES string of the molecule is O=C(c1ccccc1-c1ccccc1C(=O)N1CCCC1)N1CCCC1. The fraction of sp³-hybridized carbons (Fsp3) is 0.364. The van der Waals surface area contributed by atoms with Crippen LogP contribution >= 0.6 is 0 Å². The van der Waals surface area contributed by atoms with Gasteiger partial charge in [0.2, 0.25) is 0 Å². The van der Waals surface area contributed by atoms with Gasteiger partial charge in [0.05, 0.1) is 0 Å². The Morgan fingerprint density at radius 3 is 1.31 bits per heavy atom. The molecule has 2 fully saturated rings. The van der Waals surface area contributed by atoms with Gasteiger partial charge in [0.1, 0.15) is 0 Å². The summed E-state index contributed by atoms with van der Waals surface area (Å²) in [5.74, 6) is 0.142. The molecular formula is C22H24N2O2. The Morgan fingerprint density at radius 1 is 0.577 bits per heavy atom. The highest BCUT2D eigenvalue weighted by Crippen LogP contribution is 2.30. The molecule has 0 unspecified atom stereocenters. The summed E-state index contributed by atoms with van der Waals surface area (Å²) < 4.78 is 0. The van der Waals surface area contributed by atoms with Gasteiger partial charge < -0.3 is 9.80 Å². The Balaban J connectivity index is 1.74. The van der Waals surface area contributed by atoms with Crippen molar-refractivity contribution >= 4 is 11.8 Å². The average molecular weight is 348 g/mol. The molecule has 2 aromatic rings. The summed E-state index contributed by atoms with van der Waals surface area (Å²) in [7, 11) is 0. The molecule has 0 spiro atoms. The van der Waals surface area contributed by atoms with E-state index in [0.717, 1.165) is 63.0 Å². The summed E-state index contributed by atoms with van der Waals surface area (Å²) in [5, 5.41) is 0. The monoisotopic (exact) mass is 348 g/mol. The van der Waals surface area contributed by atoms with Crippen molar-refractivity contribution in [3.63, 3.8) is 0 Å². The lowest BCUT2D eigenvalue weighted by atomic mass is 9.94. The minimum absolute atomic E-state index is 0.0709. The van der Waals surface area contributed by atoms with Gasteiger partial charge in [-0.1, -0.05) is 36.4 Å². The minimum Gasteiger partial charge on any atom is -0.339 e. The number of amides is 2. The van der Waals surface area contributed by atoms with E-state index in [4.69, 9.17) is 0 Å². The van der Waals surface area contributed by atoms with Crippen molar-refractivity contribution in [2.75, 3.05) is 26.2 Å². The van der Waals surface area contributed by atoms with Gasteiger partial charge in [-0.3, -0.25) is 9.59 Å². The van der Waals surface area contributed by atoms with Crippen molar-refractivity contribution in [3.05, 3.63) is 59.7 Å². The molecule has 4 heteroatoms. The zero-order valence-electron chi connectivity index (χ0n) is 15.0. The number of rotatable bonds is 3. The van der Waals surface area contributed by atoms with Crippen LogP contribution in [0.4, 0.5) is 0 Å². The second-order valence-corrected chi connectivity index (χ2v) is 7.09. The van der Waals surface area contributed by atoms with Crippen LogP contribution in [0.3, 0.4) is 0 Å². The highest BCUT2D eigenvalue weighted by atomic mass is 16.2. The van der Waals surface area contributed by atoms with Crippen LogP contribution in [-0.2, 0) is 0 Å². The molecule has 26 heavy (non-hydrogen) atoms. The van der Waals surface area contributed by atoms with Crippen LogP contribution in [0.25, 0.3) is 11.1 Å². The maximum atomic E-state index is 13.0. The third kappa shape index (κ3) is 3.12. The Labute approximate surface area is 154 Å². The first-order valence-corrected chi connectivity index (χ1v) is 9.53. The van der Waals surface area contributed by atoms with Crippen molar-refractivity contribution in [2.24, 2.45) is 0 Å². The molecule has 2 aromatic carbocycles. The Hall–Kier alpha value is -2.62. The quantitative estimate of drug-likeness (QED) is 0.846. The molecule has 2 heterocycles. The van der Waals surface area contributed by atoms with Crippen LogP contribution in [0.1, 0.15) is 46.4 Å². The fourth-order valence-electron chi connectivity index (χ4n) is 3.99. The minimum atomic E-state index is 0.0709. The van der Waals surface area contributed by atoms with Crippen molar-refractivity contribution in [2.45, 2.75) is 25.7 Å². The van der Waals surface area contributed by atoms with Gasteiger partial charge >= 0.3 is 0 Å². The maximum Gasteiger partial charge on any atom is 0.254 e. The van der Waals surface area contributed by atoms with E-state index in [1.54, 1.807) is 0 Å². The molecule has 0 N–H and O–H groups in total. The third-order valence-corrected chi connectivity index (χ3v) is 5.39. The van der Waals surface area contributed by atoms with Gasteiger partial charge in [-0.25, -0.2) is 0 Å². The Morgan fingerprint density at radius 2 is 0.923 bits per heavy atom. The molecule has 0 bridgehead atoms. The zero-order valence-corrected chi connectivity index (χ0v) is 15.0. The van der Waals surface area contributed by atoms with E-state index in [1.165, 1.54) is 0 Å². The number of carbonyl (C=O) groups excluding carboxylic acids is 2. The molecule has 0 aromatic heterocycles. The van der Waals surface area contributed by atoms with Gasteiger partial charge in [-0.05, 0) is 48.9 Å². The highest BCUT2D eigenvalue weighted by molar-refractivity contribution is 6.06. The Kier molecular flexibility index (Phi) is 4.74. The number of nitrogens with zero attached hydrogens (tertiary/aromatic N) is 2. The van der Waals surface area contributed by atoms with Gasteiger partial charge in [-0.15, -0.1) is 0 Å².